The predicted molar refractivity (Wildman–Crippen MR) is 154 cm³/mol. The number of nitrogens with one attached hydrogen (secondary N) is 2. The summed E-state index contributed by atoms with van der Waals surface area (Å²) in [7, 11) is 1.71. The molecule has 2 N–H and O–H groups in total. The van der Waals surface area contributed by atoms with Gasteiger partial charge in [0.15, 0.2) is 0 Å². The highest BCUT2D eigenvalue weighted by atomic mass is 16.5. The number of hydrogen-bond acceptors (Lipinski definition) is 8. The first-order valence-corrected chi connectivity index (χ1v) is 13.7. The molecular weight excluding hydrogens is 520 g/mol. The average Bonchev–Trinajstić information content (AvgIpc) is 3.45. The minimum Gasteiger partial charge on any atom is -0.489 e. The molecule has 0 unspecified atom stereocenters. The van der Waals surface area contributed by atoms with Gasteiger partial charge in [-0.2, -0.15) is 0 Å². The van der Waals surface area contributed by atoms with E-state index in [2.05, 4.69) is 35.3 Å². The lowest BCUT2D eigenvalue weighted by Gasteiger charge is -2.36. The number of pyridine rings is 1. The van der Waals surface area contributed by atoms with Gasteiger partial charge in [-0.1, -0.05) is 36.4 Å². The Kier molecular flexibility index (Phi) is 7.59. The van der Waals surface area contributed by atoms with E-state index in [1.165, 1.54) is 5.69 Å². The third-order valence-electron chi connectivity index (χ3n) is 7.48. The summed E-state index contributed by atoms with van der Waals surface area (Å²) >= 11 is 0. The van der Waals surface area contributed by atoms with Gasteiger partial charge in [-0.15, -0.1) is 5.10 Å². The molecule has 2 aromatic carbocycles. The fourth-order valence-corrected chi connectivity index (χ4v) is 5.21. The molecule has 0 aliphatic carbocycles. The molecule has 2 amide bonds. The Balaban J connectivity index is 1.07. The third-order valence-corrected chi connectivity index (χ3v) is 7.48. The van der Waals surface area contributed by atoms with E-state index in [0.29, 0.717) is 23.7 Å². The fraction of sp³-hybridized carbons (Fsp3) is 0.300. The van der Waals surface area contributed by atoms with E-state index in [9.17, 15) is 9.59 Å². The van der Waals surface area contributed by atoms with Gasteiger partial charge in [-0.25, -0.2) is 4.98 Å². The molecule has 0 saturated carbocycles. The summed E-state index contributed by atoms with van der Waals surface area (Å²) in [5.41, 5.74) is 4.02. The molecule has 210 valence electrons. The second kappa shape index (κ2) is 11.8. The summed E-state index contributed by atoms with van der Waals surface area (Å²) in [6.07, 6.45) is 4.17. The molecule has 11 nitrogen and oxygen atoms in total. The molecule has 4 heterocycles. The number of nitrogens with zero attached hydrogens (tertiary/aromatic N) is 6. The molecule has 11 heteroatoms. The number of amides is 2. The molecule has 4 aromatic rings. The molecule has 2 aromatic heterocycles. The van der Waals surface area contributed by atoms with Gasteiger partial charge < -0.3 is 19.9 Å². The summed E-state index contributed by atoms with van der Waals surface area (Å²) < 4.78 is 5.98. The van der Waals surface area contributed by atoms with Crippen molar-refractivity contribution in [1.82, 2.24) is 30.4 Å². The van der Waals surface area contributed by atoms with Gasteiger partial charge in [-0.3, -0.25) is 24.6 Å². The standard InChI is InChI=1S/C30H32N8O3/c1-36-25-17-22(19-37-13-15-38(16-14-37)23-9-11-31-12-10-23)7-8-26(25)41-20-24(30(36)40)32-29(39)28-33-27(34-35-28)18-21-5-3-2-4-6-21/h2-12,17,24H,13-16,18-20H2,1H3,(H,32,39)(H,33,34,35)/t24-/m0/s1. The van der Waals surface area contributed by atoms with Crippen LogP contribution < -0.4 is 19.9 Å². The second-order valence-corrected chi connectivity index (χ2v) is 10.3. The molecular formula is C30H32N8O3. The zero-order chi connectivity index (χ0) is 28.2. The number of aromatic amines is 1. The predicted octanol–water partition coefficient (Wildman–Crippen LogP) is 2.27. The van der Waals surface area contributed by atoms with Crippen LogP contribution in [-0.2, 0) is 17.8 Å². The Morgan fingerprint density at radius 2 is 1.80 bits per heavy atom. The number of benzene rings is 2. The number of ether oxygens (including phenoxy) is 1. The summed E-state index contributed by atoms with van der Waals surface area (Å²) in [5.74, 6) is 0.362. The zero-order valence-corrected chi connectivity index (χ0v) is 22.9. The van der Waals surface area contributed by atoms with Crippen LogP contribution >= 0.6 is 0 Å². The van der Waals surface area contributed by atoms with Gasteiger partial charge in [0.1, 0.15) is 24.2 Å². The molecule has 0 spiro atoms. The number of piperazine rings is 1. The molecule has 0 radical (unpaired) electrons. The Labute approximate surface area is 238 Å². The van der Waals surface area contributed by atoms with E-state index >= 15 is 0 Å². The van der Waals surface area contributed by atoms with E-state index in [0.717, 1.165) is 43.9 Å². The van der Waals surface area contributed by atoms with Crippen molar-refractivity contribution in [2.24, 2.45) is 0 Å². The monoisotopic (exact) mass is 552 g/mol. The average molecular weight is 553 g/mol. The molecule has 2 aliphatic heterocycles. The highest BCUT2D eigenvalue weighted by molar-refractivity contribution is 6.02. The van der Waals surface area contributed by atoms with Crippen molar-refractivity contribution in [2.75, 3.05) is 49.6 Å². The number of rotatable bonds is 7. The van der Waals surface area contributed by atoms with Crippen LogP contribution in [0, 0.1) is 0 Å². The van der Waals surface area contributed by atoms with Gasteiger partial charge in [-0.05, 0) is 35.4 Å². The molecule has 6 rings (SSSR count). The van der Waals surface area contributed by atoms with E-state index in [1.54, 1.807) is 11.9 Å². The van der Waals surface area contributed by atoms with Crippen molar-refractivity contribution >= 4 is 23.2 Å². The second-order valence-electron chi connectivity index (χ2n) is 10.3. The van der Waals surface area contributed by atoms with Gasteiger partial charge >= 0.3 is 0 Å². The minimum absolute atomic E-state index is 0.0134. The fourth-order valence-electron chi connectivity index (χ4n) is 5.21. The molecule has 41 heavy (non-hydrogen) atoms. The summed E-state index contributed by atoms with van der Waals surface area (Å²) in [6.45, 7) is 4.54. The number of anilines is 2. The molecule has 2 aliphatic rings. The van der Waals surface area contributed by atoms with Crippen LogP contribution in [0.5, 0.6) is 5.75 Å². The number of hydrogen-bond donors (Lipinski definition) is 2. The van der Waals surface area contributed by atoms with E-state index in [1.807, 2.05) is 73.1 Å². The van der Waals surface area contributed by atoms with Crippen molar-refractivity contribution in [1.29, 1.82) is 0 Å². The van der Waals surface area contributed by atoms with Crippen LogP contribution in [0.2, 0.25) is 0 Å². The van der Waals surface area contributed by atoms with Crippen molar-refractivity contribution < 1.29 is 14.3 Å². The van der Waals surface area contributed by atoms with E-state index < -0.39 is 11.9 Å². The molecule has 1 atom stereocenters. The van der Waals surface area contributed by atoms with E-state index in [-0.39, 0.29) is 18.3 Å². The SMILES string of the molecule is CN1C(=O)[C@@H](NC(=O)c2n[nH]c(Cc3ccccc3)n2)COc2ccc(CN3CCN(c4ccncc4)CC3)cc21. The summed E-state index contributed by atoms with van der Waals surface area (Å²) in [4.78, 5) is 41.0. The first kappa shape index (κ1) is 26.5. The number of likely N-dealkylation sites (N-methyl/N-ethyl adjacent to an activating group) is 1. The maximum absolute atomic E-state index is 13.4. The molecule has 1 saturated heterocycles. The number of H-pyrrole nitrogens is 1. The lowest BCUT2D eigenvalue weighted by atomic mass is 10.1. The summed E-state index contributed by atoms with van der Waals surface area (Å²) in [6, 6.07) is 18.9. The largest absolute Gasteiger partial charge is 0.489 e. The van der Waals surface area contributed by atoms with Crippen LogP contribution in [0.25, 0.3) is 0 Å². The van der Waals surface area contributed by atoms with Gasteiger partial charge in [0.05, 0.1) is 5.69 Å². The Morgan fingerprint density at radius 1 is 1.02 bits per heavy atom. The Hall–Kier alpha value is -4.77. The first-order valence-electron chi connectivity index (χ1n) is 13.7. The zero-order valence-electron chi connectivity index (χ0n) is 22.9. The quantitative estimate of drug-likeness (QED) is 0.358. The Bertz CT molecular complexity index is 1500. The van der Waals surface area contributed by atoms with Crippen LogP contribution in [0.15, 0.2) is 73.1 Å². The number of carbonyl (C=O) groups is 2. The van der Waals surface area contributed by atoms with Crippen LogP contribution in [0.3, 0.4) is 0 Å². The number of aromatic nitrogens is 4. The highest BCUT2D eigenvalue weighted by Crippen LogP contribution is 2.32. The maximum atomic E-state index is 13.4. The van der Waals surface area contributed by atoms with Crippen LogP contribution in [0.4, 0.5) is 11.4 Å². The van der Waals surface area contributed by atoms with Gasteiger partial charge in [0, 0.05) is 64.3 Å². The number of fused-ring (bicyclic) bond motifs is 1. The normalized spacial score (nSPS) is 17.5. The smallest absolute Gasteiger partial charge is 0.291 e. The van der Waals surface area contributed by atoms with Crippen molar-refractivity contribution in [3.63, 3.8) is 0 Å². The lowest BCUT2D eigenvalue weighted by Crippen LogP contribution is -2.49. The first-order chi connectivity index (χ1) is 20.0. The maximum Gasteiger partial charge on any atom is 0.291 e. The number of carbonyl (C=O) groups excluding carboxylic acids is 2. The third kappa shape index (κ3) is 6.04. The topological polar surface area (TPSA) is 120 Å². The molecule has 1 fully saturated rings. The minimum atomic E-state index is -0.874. The van der Waals surface area contributed by atoms with Crippen molar-refractivity contribution in [2.45, 2.75) is 19.0 Å². The van der Waals surface area contributed by atoms with Crippen LogP contribution in [-0.4, -0.2) is 82.8 Å². The van der Waals surface area contributed by atoms with Gasteiger partial charge in [0.2, 0.25) is 5.82 Å². The Morgan fingerprint density at radius 3 is 2.59 bits per heavy atom. The van der Waals surface area contributed by atoms with E-state index in [4.69, 9.17) is 4.74 Å². The van der Waals surface area contributed by atoms with Crippen molar-refractivity contribution in [3.05, 3.63) is 95.8 Å². The van der Waals surface area contributed by atoms with Crippen molar-refractivity contribution in [3.8, 4) is 5.75 Å². The summed E-state index contributed by atoms with van der Waals surface area (Å²) in [5, 5.41) is 9.61. The van der Waals surface area contributed by atoms with Gasteiger partial charge in [0.25, 0.3) is 11.8 Å². The van der Waals surface area contributed by atoms with Crippen LogP contribution in [0.1, 0.15) is 27.6 Å². The highest BCUT2D eigenvalue weighted by Gasteiger charge is 2.32. The lowest BCUT2D eigenvalue weighted by molar-refractivity contribution is -0.120. The molecule has 0 bridgehead atoms.